The van der Waals surface area contributed by atoms with Gasteiger partial charge in [-0.3, -0.25) is 0 Å². The smallest absolute Gasteiger partial charge is 0.0693 e. The lowest BCUT2D eigenvalue weighted by Gasteiger charge is -2.22. The van der Waals surface area contributed by atoms with Gasteiger partial charge in [-0.2, -0.15) is 5.26 Å². The van der Waals surface area contributed by atoms with Gasteiger partial charge >= 0.3 is 0 Å². The largest absolute Gasteiger partial charge is 0.198 e. The Morgan fingerprint density at radius 1 is 1.11 bits per heavy atom. The van der Waals surface area contributed by atoms with Crippen LogP contribution in [0.2, 0.25) is 0 Å². The van der Waals surface area contributed by atoms with Crippen LogP contribution in [0.25, 0.3) is 0 Å². The first-order chi connectivity index (χ1) is 8.45. The average molecular weight is 241 g/mol. The molecular weight excluding hydrogens is 218 g/mol. The number of hydrogen-bond acceptors (Lipinski definition) is 1. The van der Waals surface area contributed by atoms with Gasteiger partial charge in [-0.05, 0) is 35.8 Å². The van der Waals surface area contributed by atoms with Crippen molar-refractivity contribution in [1.29, 1.82) is 5.26 Å². The van der Waals surface area contributed by atoms with E-state index < -0.39 is 0 Å². The Balaban J connectivity index is 2.14. The lowest BCUT2D eigenvalue weighted by Crippen LogP contribution is -2.17. The minimum atomic E-state index is -0.0801. The summed E-state index contributed by atoms with van der Waals surface area (Å²) in [6.45, 7) is 6.70. The number of rotatable bonds is 2. The van der Waals surface area contributed by atoms with Gasteiger partial charge < -0.3 is 0 Å². The Morgan fingerprint density at radius 2 is 1.67 bits per heavy atom. The predicted octanol–water partition coefficient (Wildman–Crippen LogP) is 4.61. The van der Waals surface area contributed by atoms with E-state index in [-0.39, 0.29) is 10.8 Å². The molecule has 1 nitrogen and oxygen atoms in total. The summed E-state index contributed by atoms with van der Waals surface area (Å²) in [5.41, 5.74) is 2.80. The summed E-state index contributed by atoms with van der Waals surface area (Å²) >= 11 is 0. The molecule has 0 bridgehead atoms. The molecule has 0 unspecified atom stereocenters. The van der Waals surface area contributed by atoms with Crippen molar-refractivity contribution in [2.24, 2.45) is 5.41 Å². The highest BCUT2D eigenvalue weighted by Crippen LogP contribution is 2.40. The molecule has 1 fully saturated rings. The summed E-state index contributed by atoms with van der Waals surface area (Å²) in [6.07, 6.45) is 5.50. The molecule has 0 heterocycles. The third-order valence-corrected chi connectivity index (χ3v) is 4.16. The predicted molar refractivity (Wildman–Crippen MR) is 75.4 cm³/mol. The molecule has 1 saturated carbocycles. The van der Waals surface area contributed by atoms with Crippen LogP contribution in [-0.2, 0) is 11.8 Å². The van der Waals surface area contributed by atoms with Crippen molar-refractivity contribution in [1.82, 2.24) is 0 Å². The van der Waals surface area contributed by atoms with Crippen LogP contribution in [-0.4, -0.2) is 0 Å². The molecule has 1 heteroatoms. The zero-order chi connectivity index (χ0) is 13.2. The van der Waals surface area contributed by atoms with E-state index in [2.05, 4.69) is 51.1 Å². The van der Waals surface area contributed by atoms with Crippen LogP contribution in [0.3, 0.4) is 0 Å². The Kier molecular flexibility index (Phi) is 3.48. The standard InChI is InChI=1S/C17H23N/c1-16(2,3)15-8-6-14(7-9-15)12-17(13-18)10-4-5-11-17/h6-9H,4-5,10-12H2,1-3H3. The van der Waals surface area contributed by atoms with E-state index in [1.807, 2.05) is 0 Å². The quantitative estimate of drug-likeness (QED) is 0.741. The van der Waals surface area contributed by atoms with Gasteiger partial charge in [0.25, 0.3) is 0 Å². The molecule has 2 rings (SSSR count). The molecule has 1 aliphatic carbocycles. The van der Waals surface area contributed by atoms with Gasteiger partial charge in [-0.25, -0.2) is 0 Å². The molecule has 96 valence electrons. The minimum Gasteiger partial charge on any atom is -0.198 e. The average Bonchev–Trinajstić information content (AvgIpc) is 2.78. The van der Waals surface area contributed by atoms with Crippen molar-refractivity contribution in [2.75, 3.05) is 0 Å². The number of hydrogen-bond donors (Lipinski definition) is 0. The molecule has 0 aromatic heterocycles. The summed E-state index contributed by atoms with van der Waals surface area (Å²) in [5.74, 6) is 0. The molecule has 0 atom stereocenters. The van der Waals surface area contributed by atoms with E-state index in [0.717, 1.165) is 19.3 Å². The normalized spacial score (nSPS) is 18.6. The van der Waals surface area contributed by atoms with E-state index in [4.69, 9.17) is 0 Å². The fourth-order valence-corrected chi connectivity index (χ4v) is 2.89. The van der Waals surface area contributed by atoms with Crippen LogP contribution >= 0.6 is 0 Å². The highest BCUT2D eigenvalue weighted by Gasteiger charge is 2.33. The summed E-state index contributed by atoms with van der Waals surface area (Å²) in [7, 11) is 0. The first kappa shape index (κ1) is 13.1. The molecule has 0 spiro atoms. The summed E-state index contributed by atoms with van der Waals surface area (Å²) in [6, 6.07) is 11.4. The number of nitrogens with zero attached hydrogens (tertiary/aromatic N) is 1. The maximum absolute atomic E-state index is 9.41. The molecular formula is C17H23N. The van der Waals surface area contributed by atoms with E-state index in [1.165, 1.54) is 24.0 Å². The molecule has 0 saturated heterocycles. The molecule has 1 aromatic rings. The lowest BCUT2D eigenvalue weighted by atomic mass is 9.80. The van der Waals surface area contributed by atoms with Gasteiger partial charge in [-0.15, -0.1) is 0 Å². The number of nitriles is 1. The fourth-order valence-electron chi connectivity index (χ4n) is 2.89. The summed E-state index contributed by atoms with van der Waals surface area (Å²) < 4.78 is 0. The second-order valence-corrected chi connectivity index (χ2v) is 6.72. The minimum absolute atomic E-state index is 0.0801. The highest BCUT2D eigenvalue weighted by atomic mass is 14.4. The Morgan fingerprint density at radius 3 is 2.11 bits per heavy atom. The van der Waals surface area contributed by atoms with Crippen molar-refractivity contribution in [2.45, 2.75) is 58.3 Å². The van der Waals surface area contributed by atoms with Crippen molar-refractivity contribution >= 4 is 0 Å². The maximum Gasteiger partial charge on any atom is 0.0693 e. The monoisotopic (exact) mass is 241 g/mol. The SMILES string of the molecule is CC(C)(C)c1ccc(CC2(C#N)CCCC2)cc1. The van der Waals surface area contributed by atoms with Crippen LogP contribution < -0.4 is 0 Å². The van der Waals surface area contributed by atoms with Crippen LogP contribution in [0.5, 0.6) is 0 Å². The van der Waals surface area contributed by atoms with E-state index in [0.29, 0.717) is 0 Å². The van der Waals surface area contributed by atoms with E-state index in [9.17, 15) is 5.26 Å². The van der Waals surface area contributed by atoms with Gasteiger partial charge in [0.1, 0.15) is 0 Å². The Hall–Kier alpha value is -1.29. The van der Waals surface area contributed by atoms with Crippen molar-refractivity contribution in [3.8, 4) is 6.07 Å². The fraction of sp³-hybridized carbons (Fsp3) is 0.588. The third-order valence-electron chi connectivity index (χ3n) is 4.16. The number of benzene rings is 1. The molecule has 0 amide bonds. The van der Waals surface area contributed by atoms with Crippen molar-refractivity contribution in [3.05, 3.63) is 35.4 Å². The second-order valence-electron chi connectivity index (χ2n) is 6.72. The Bertz CT molecular complexity index is 436. The first-order valence-corrected chi connectivity index (χ1v) is 6.96. The Labute approximate surface area is 111 Å². The van der Waals surface area contributed by atoms with Crippen molar-refractivity contribution in [3.63, 3.8) is 0 Å². The van der Waals surface area contributed by atoms with E-state index in [1.54, 1.807) is 0 Å². The van der Waals surface area contributed by atoms with Crippen LogP contribution in [0.1, 0.15) is 57.6 Å². The topological polar surface area (TPSA) is 23.8 Å². The second kappa shape index (κ2) is 4.76. The summed E-state index contributed by atoms with van der Waals surface area (Å²) in [5, 5.41) is 9.41. The lowest BCUT2D eigenvalue weighted by molar-refractivity contribution is 0.408. The van der Waals surface area contributed by atoms with Crippen LogP contribution in [0, 0.1) is 16.7 Å². The van der Waals surface area contributed by atoms with Gasteiger partial charge in [0.05, 0.1) is 11.5 Å². The van der Waals surface area contributed by atoms with Crippen molar-refractivity contribution < 1.29 is 0 Å². The van der Waals surface area contributed by atoms with Gasteiger partial charge in [0.2, 0.25) is 0 Å². The maximum atomic E-state index is 9.41. The molecule has 0 radical (unpaired) electrons. The molecule has 1 aliphatic rings. The van der Waals surface area contributed by atoms with Gasteiger partial charge in [-0.1, -0.05) is 57.9 Å². The van der Waals surface area contributed by atoms with E-state index >= 15 is 0 Å². The van der Waals surface area contributed by atoms with Crippen LogP contribution in [0.4, 0.5) is 0 Å². The molecule has 18 heavy (non-hydrogen) atoms. The summed E-state index contributed by atoms with van der Waals surface area (Å²) in [4.78, 5) is 0. The zero-order valence-corrected chi connectivity index (χ0v) is 11.8. The third kappa shape index (κ3) is 2.75. The van der Waals surface area contributed by atoms with Crippen LogP contribution in [0.15, 0.2) is 24.3 Å². The van der Waals surface area contributed by atoms with Gasteiger partial charge in [0.15, 0.2) is 0 Å². The molecule has 1 aromatic carbocycles. The highest BCUT2D eigenvalue weighted by molar-refractivity contribution is 5.29. The first-order valence-electron chi connectivity index (χ1n) is 6.96. The molecule has 0 N–H and O–H groups in total. The van der Waals surface area contributed by atoms with Gasteiger partial charge in [0, 0.05) is 0 Å². The zero-order valence-electron chi connectivity index (χ0n) is 11.8. The molecule has 0 aliphatic heterocycles.